The summed E-state index contributed by atoms with van der Waals surface area (Å²) < 4.78 is 3.04. The molecule has 2 rings (SSSR count). The van der Waals surface area contributed by atoms with Crippen LogP contribution in [0.3, 0.4) is 0 Å². The van der Waals surface area contributed by atoms with Gasteiger partial charge in [0.1, 0.15) is 11.7 Å². The Kier molecular flexibility index (Phi) is 4.43. The molecule has 0 aromatic carbocycles. The van der Waals surface area contributed by atoms with Crippen LogP contribution in [0, 0.1) is 0 Å². The van der Waals surface area contributed by atoms with E-state index in [2.05, 4.69) is 28.0 Å². The third-order valence-corrected chi connectivity index (χ3v) is 3.16. The van der Waals surface area contributed by atoms with E-state index in [1.54, 1.807) is 11.7 Å². The van der Waals surface area contributed by atoms with Crippen LogP contribution in [0.2, 0.25) is 0 Å². The molecule has 0 saturated carbocycles. The van der Waals surface area contributed by atoms with Crippen molar-refractivity contribution in [1.29, 1.82) is 0 Å². The first kappa shape index (κ1) is 14.6. The molecule has 0 spiro atoms. The second kappa shape index (κ2) is 6.08. The number of nitrogens with one attached hydrogen (secondary N) is 1. The average Bonchev–Trinajstić information content (AvgIpc) is 2.75. The molecular formula is C12H17N5O2S. The van der Waals surface area contributed by atoms with Crippen molar-refractivity contribution in [1.82, 2.24) is 24.6 Å². The lowest BCUT2D eigenvalue weighted by atomic mass is 10.3. The zero-order valence-electron chi connectivity index (χ0n) is 11.4. The van der Waals surface area contributed by atoms with Gasteiger partial charge in [-0.3, -0.25) is 18.8 Å². The van der Waals surface area contributed by atoms with Gasteiger partial charge in [0.15, 0.2) is 5.65 Å². The summed E-state index contributed by atoms with van der Waals surface area (Å²) in [5.74, 6) is 0.429. The zero-order chi connectivity index (χ0) is 14.7. The Hall–Kier alpha value is -1.83. The van der Waals surface area contributed by atoms with E-state index in [1.807, 2.05) is 6.92 Å². The summed E-state index contributed by atoms with van der Waals surface area (Å²) in [4.78, 5) is 27.9. The molecule has 0 bridgehead atoms. The summed E-state index contributed by atoms with van der Waals surface area (Å²) in [5.41, 5.74) is 0.399. The molecule has 20 heavy (non-hydrogen) atoms. The largest absolute Gasteiger partial charge is 0.352 e. The lowest BCUT2D eigenvalue weighted by Gasteiger charge is -2.14. The Morgan fingerprint density at radius 3 is 3.00 bits per heavy atom. The molecule has 2 heterocycles. The minimum absolute atomic E-state index is 0.0732. The van der Waals surface area contributed by atoms with E-state index in [4.69, 9.17) is 0 Å². The Morgan fingerprint density at radius 1 is 1.55 bits per heavy atom. The van der Waals surface area contributed by atoms with Crippen LogP contribution in [0.1, 0.15) is 13.3 Å². The molecule has 2 aromatic heterocycles. The molecule has 7 nitrogen and oxygen atoms in total. The Bertz CT molecular complexity index is 678. The number of carbonyl (C=O) groups is 1. The van der Waals surface area contributed by atoms with Gasteiger partial charge >= 0.3 is 0 Å². The first-order valence-electron chi connectivity index (χ1n) is 6.30. The van der Waals surface area contributed by atoms with Crippen LogP contribution in [0.5, 0.6) is 0 Å². The van der Waals surface area contributed by atoms with Crippen LogP contribution in [-0.2, 0) is 18.4 Å². The highest BCUT2D eigenvalue weighted by atomic mass is 32.1. The van der Waals surface area contributed by atoms with Crippen molar-refractivity contribution in [3.8, 4) is 0 Å². The quantitative estimate of drug-likeness (QED) is 0.758. The number of fused-ring (bicyclic) bond motifs is 1. The maximum absolute atomic E-state index is 12.2. The zero-order valence-corrected chi connectivity index (χ0v) is 12.3. The van der Waals surface area contributed by atoms with Crippen molar-refractivity contribution in [3.63, 3.8) is 0 Å². The number of carbonyl (C=O) groups excluding carboxylic acids is 1. The van der Waals surface area contributed by atoms with E-state index in [-0.39, 0.29) is 17.5 Å². The highest BCUT2D eigenvalue weighted by Gasteiger charge is 2.11. The number of amides is 1. The van der Waals surface area contributed by atoms with Gasteiger partial charge in [-0.05, 0) is 12.7 Å². The Morgan fingerprint density at radius 2 is 2.30 bits per heavy atom. The van der Waals surface area contributed by atoms with E-state index in [0.29, 0.717) is 29.8 Å². The molecule has 1 atom stereocenters. The van der Waals surface area contributed by atoms with Crippen molar-refractivity contribution in [2.45, 2.75) is 25.9 Å². The van der Waals surface area contributed by atoms with Crippen LogP contribution < -0.4 is 10.9 Å². The molecule has 0 radical (unpaired) electrons. The summed E-state index contributed by atoms with van der Waals surface area (Å²) in [6.07, 6.45) is 3.35. The average molecular weight is 295 g/mol. The number of hydrogen-bond donors (Lipinski definition) is 2. The number of nitrogens with zero attached hydrogens (tertiary/aromatic N) is 4. The van der Waals surface area contributed by atoms with Crippen LogP contribution in [0.4, 0.5) is 0 Å². The standard InChI is InChI=1S/C12H17N5O2S/c1-8(15-10(18)3-4-20)6-17-7-13-11-9(12(17)19)5-14-16(11)2/h5,7-8,20H,3-4,6H2,1-2H3,(H,15,18). The third-order valence-electron chi connectivity index (χ3n) is 2.93. The van der Waals surface area contributed by atoms with Crippen LogP contribution in [0.15, 0.2) is 17.3 Å². The Balaban J connectivity index is 2.16. The first-order valence-corrected chi connectivity index (χ1v) is 6.93. The Labute approximate surface area is 121 Å². The van der Waals surface area contributed by atoms with Gasteiger partial charge in [0, 0.05) is 26.1 Å². The predicted molar refractivity (Wildman–Crippen MR) is 78.8 cm³/mol. The van der Waals surface area contributed by atoms with Gasteiger partial charge < -0.3 is 5.32 Å². The first-order chi connectivity index (χ1) is 9.52. The second-order valence-corrected chi connectivity index (χ2v) is 5.10. The summed E-state index contributed by atoms with van der Waals surface area (Å²) in [6, 6.07) is -0.156. The van der Waals surface area contributed by atoms with Crippen LogP contribution >= 0.6 is 12.6 Å². The SMILES string of the molecule is CC(Cn1cnc2c(cnn2C)c1=O)NC(=O)CCS. The van der Waals surface area contributed by atoms with Gasteiger partial charge in [0.2, 0.25) is 5.91 Å². The molecule has 1 amide bonds. The highest BCUT2D eigenvalue weighted by molar-refractivity contribution is 7.80. The van der Waals surface area contributed by atoms with Gasteiger partial charge in [0.25, 0.3) is 5.56 Å². The normalized spacial score (nSPS) is 12.6. The summed E-state index contributed by atoms with van der Waals surface area (Å²) in [6.45, 7) is 2.21. The number of rotatable bonds is 5. The molecule has 0 aliphatic carbocycles. The molecule has 1 unspecified atom stereocenters. The summed E-state index contributed by atoms with van der Waals surface area (Å²) in [5, 5.41) is 7.30. The maximum Gasteiger partial charge on any atom is 0.264 e. The number of thiol groups is 1. The second-order valence-electron chi connectivity index (χ2n) is 4.65. The fourth-order valence-electron chi connectivity index (χ4n) is 1.99. The maximum atomic E-state index is 12.2. The molecule has 0 fully saturated rings. The summed E-state index contributed by atoms with van der Waals surface area (Å²) in [7, 11) is 1.74. The van der Waals surface area contributed by atoms with Crippen molar-refractivity contribution < 1.29 is 4.79 Å². The van der Waals surface area contributed by atoms with Gasteiger partial charge in [-0.1, -0.05) is 0 Å². The van der Waals surface area contributed by atoms with Crippen molar-refractivity contribution in [3.05, 3.63) is 22.9 Å². The molecule has 0 saturated heterocycles. The predicted octanol–water partition coefficient (Wildman–Crippen LogP) is -0.0454. The summed E-state index contributed by atoms with van der Waals surface area (Å²) >= 11 is 4.01. The van der Waals surface area contributed by atoms with Gasteiger partial charge in [-0.15, -0.1) is 0 Å². The van der Waals surface area contributed by atoms with Crippen molar-refractivity contribution >= 4 is 29.6 Å². The number of aromatic nitrogens is 4. The molecule has 0 aliphatic rings. The van der Waals surface area contributed by atoms with Gasteiger partial charge in [-0.25, -0.2) is 4.98 Å². The fourth-order valence-corrected chi connectivity index (χ4v) is 2.19. The fraction of sp³-hybridized carbons (Fsp3) is 0.500. The molecule has 0 aliphatic heterocycles. The number of aryl methyl sites for hydroxylation is 1. The molecule has 2 aromatic rings. The van der Waals surface area contributed by atoms with E-state index in [0.717, 1.165) is 0 Å². The highest BCUT2D eigenvalue weighted by Crippen LogP contribution is 2.03. The van der Waals surface area contributed by atoms with Crippen molar-refractivity contribution in [2.75, 3.05) is 5.75 Å². The van der Waals surface area contributed by atoms with Crippen LogP contribution in [-0.4, -0.2) is 37.0 Å². The third kappa shape index (κ3) is 3.01. The van der Waals surface area contributed by atoms with Crippen LogP contribution in [0.25, 0.3) is 11.0 Å². The van der Waals surface area contributed by atoms with E-state index < -0.39 is 0 Å². The van der Waals surface area contributed by atoms with E-state index in [9.17, 15) is 9.59 Å². The lowest BCUT2D eigenvalue weighted by molar-refractivity contribution is -0.121. The van der Waals surface area contributed by atoms with Gasteiger partial charge in [0.05, 0.1) is 6.20 Å². The minimum Gasteiger partial charge on any atom is -0.352 e. The van der Waals surface area contributed by atoms with Crippen molar-refractivity contribution in [2.24, 2.45) is 7.05 Å². The van der Waals surface area contributed by atoms with Gasteiger partial charge in [-0.2, -0.15) is 17.7 Å². The van der Waals surface area contributed by atoms with E-state index >= 15 is 0 Å². The smallest absolute Gasteiger partial charge is 0.264 e. The lowest BCUT2D eigenvalue weighted by Crippen LogP contribution is -2.38. The molecule has 8 heteroatoms. The molecule has 1 N–H and O–H groups in total. The monoisotopic (exact) mass is 295 g/mol. The molecule has 108 valence electrons. The number of hydrogen-bond acceptors (Lipinski definition) is 5. The topological polar surface area (TPSA) is 81.8 Å². The molecular weight excluding hydrogens is 278 g/mol. The van der Waals surface area contributed by atoms with E-state index in [1.165, 1.54) is 17.1 Å². The minimum atomic E-state index is -0.156.